The van der Waals surface area contributed by atoms with Crippen LogP contribution in [0.5, 0.6) is 0 Å². The smallest absolute Gasteiger partial charge is 0.0619 e. The SMILES string of the molecule is CCC1OCCC1C(NC)c1cc(C)c(Cl)cc1C. The fraction of sp³-hybridized carbons (Fsp3) is 0.625. The molecule has 3 unspecified atom stereocenters. The van der Waals surface area contributed by atoms with Crippen LogP contribution in [0.3, 0.4) is 0 Å². The molecule has 106 valence electrons. The summed E-state index contributed by atoms with van der Waals surface area (Å²) >= 11 is 6.20. The zero-order valence-electron chi connectivity index (χ0n) is 12.3. The van der Waals surface area contributed by atoms with Gasteiger partial charge in [0, 0.05) is 23.6 Å². The number of benzene rings is 1. The maximum Gasteiger partial charge on any atom is 0.0619 e. The van der Waals surface area contributed by atoms with E-state index in [1.807, 2.05) is 7.05 Å². The molecule has 0 aliphatic carbocycles. The quantitative estimate of drug-likeness (QED) is 0.900. The molecular weight excluding hydrogens is 258 g/mol. The Bertz CT molecular complexity index is 447. The molecule has 2 rings (SSSR count). The Labute approximate surface area is 121 Å². The number of aryl methyl sites for hydroxylation is 2. The molecule has 3 atom stereocenters. The van der Waals surface area contributed by atoms with Crippen LogP contribution in [0.4, 0.5) is 0 Å². The number of hydrogen-bond acceptors (Lipinski definition) is 2. The second kappa shape index (κ2) is 6.25. The van der Waals surface area contributed by atoms with E-state index in [0.717, 1.165) is 30.0 Å². The minimum atomic E-state index is 0.350. The molecule has 0 bridgehead atoms. The molecule has 1 aliphatic heterocycles. The van der Waals surface area contributed by atoms with E-state index in [4.69, 9.17) is 16.3 Å². The van der Waals surface area contributed by atoms with Gasteiger partial charge in [0.15, 0.2) is 0 Å². The lowest BCUT2D eigenvalue weighted by molar-refractivity contribution is 0.0782. The van der Waals surface area contributed by atoms with Crippen molar-refractivity contribution in [2.45, 2.75) is 45.8 Å². The molecule has 0 amide bonds. The minimum absolute atomic E-state index is 0.350. The van der Waals surface area contributed by atoms with Crippen LogP contribution in [0.2, 0.25) is 5.02 Å². The van der Waals surface area contributed by atoms with E-state index in [9.17, 15) is 0 Å². The highest BCUT2D eigenvalue weighted by Gasteiger charge is 2.34. The topological polar surface area (TPSA) is 21.3 Å². The molecule has 2 nitrogen and oxygen atoms in total. The lowest BCUT2D eigenvalue weighted by atomic mass is 9.84. The third-order valence-corrected chi connectivity index (χ3v) is 4.69. The van der Waals surface area contributed by atoms with Crippen LogP contribution in [-0.4, -0.2) is 19.8 Å². The van der Waals surface area contributed by atoms with Crippen LogP contribution in [0.1, 0.15) is 42.5 Å². The second-order valence-corrected chi connectivity index (χ2v) is 5.90. The second-order valence-electron chi connectivity index (χ2n) is 5.49. The Morgan fingerprint density at radius 3 is 2.74 bits per heavy atom. The zero-order valence-corrected chi connectivity index (χ0v) is 13.1. The normalized spacial score (nSPS) is 24.7. The molecule has 0 aromatic heterocycles. The Balaban J connectivity index is 2.34. The van der Waals surface area contributed by atoms with Crippen LogP contribution in [-0.2, 0) is 4.74 Å². The summed E-state index contributed by atoms with van der Waals surface area (Å²) in [6.45, 7) is 7.30. The van der Waals surface area contributed by atoms with Crippen molar-refractivity contribution in [2.24, 2.45) is 5.92 Å². The Morgan fingerprint density at radius 1 is 1.37 bits per heavy atom. The van der Waals surface area contributed by atoms with Gasteiger partial charge < -0.3 is 10.1 Å². The number of nitrogens with one attached hydrogen (secondary N) is 1. The predicted octanol–water partition coefficient (Wildman–Crippen LogP) is 4.03. The van der Waals surface area contributed by atoms with Crippen molar-refractivity contribution in [3.8, 4) is 0 Å². The summed E-state index contributed by atoms with van der Waals surface area (Å²) in [4.78, 5) is 0. The molecule has 0 saturated carbocycles. The van der Waals surface area contributed by atoms with E-state index in [0.29, 0.717) is 18.1 Å². The first kappa shape index (κ1) is 14.8. The standard InChI is InChI=1S/C16H24ClNO/c1-5-15-12(6-7-19-15)16(18-4)13-8-11(3)14(17)9-10(13)2/h8-9,12,15-16,18H,5-7H2,1-4H3. The van der Waals surface area contributed by atoms with Crippen molar-refractivity contribution in [3.05, 3.63) is 33.8 Å². The van der Waals surface area contributed by atoms with E-state index in [1.54, 1.807) is 0 Å². The average Bonchev–Trinajstić information content (AvgIpc) is 2.84. The molecule has 1 aromatic carbocycles. The number of hydrogen-bond donors (Lipinski definition) is 1. The Morgan fingerprint density at radius 2 is 2.11 bits per heavy atom. The van der Waals surface area contributed by atoms with E-state index < -0.39 is 0 Å². The van der Waals surface area contributed by atoms with Gasteiger partial charge in [-0.1, -0.05) is 24.6 Å². The average molecular weight is 282 g/mol. The molecule has 1 aliphatic rings. The van der Waals surface area contributed by atoms with Crippen molar-refractivity contribution >= 4 is 11.6 Å². The minimum Gasteiger partial charge on any atom is -0.378 e. The van der Waals surface area contributed by atoms with E-state index in [2.05, 4.69) is 38.2 Å². The van der Waals surface area contributed by atoms with Gasteiger partial charge in [0.25, 0.3) is 0 Å². The molecule has 19 heavy (non-hydrogen) atoms. The van der Waals surface area contributed by atoms with Gasteiger partial charge in [-0.25, -0.2) is 0 Å². The summed E-state index contributed by atoms with van der Waals surface area (Å²) in [7, 11) is 2.04. The molecule has 3 heteroatoms. The van der Waals surface area contributed by atoms with Crippen LogP contribution in [0, 0.1) is 19.8 Å². The van der Waals surface area contributed by atoms with Gasteiger partial charge in [-0.2, -0.15) is 0 Å². The third-order valence-electron chi connectivity index (χ3n) is 4.28. The van der Waals surface area contributed by atoms with Crippen molar-refractivity contribution in [3.63, 3.8) is 0 Å². The summed E-state index contributed by atoms with van der Waals surface area (Å²) < 4.78 is 5.85. The fourth-order valence-corrected chi connectivity index (χ4v) is 3.42. The number of halogens is 1. The van der Waals surface area contributed by atoms with Gasteiger partial charge in [-0.05, 0) is 56.5 Å². The summed E-state index contributed by atoms with van der Waals surface area (Å²) in [5, 5.41) is 4.34. The van der Waals surface area contributed by atoms with Crippen molar-refractivity contribution < 1.29 is 4.74 Å². The molecule has 0 radical (unpaired) electrons. The molecular formula is C16H24ClNO. The highest BCUT2D eigenvalue weighted by molar-refractivity contribution is 6.31. The van der Waals surface area contributed by atoms with Gasteiger partial charge in [0.05, 0.1) is 6.10 Å². The first-order valence-corrected chi connectivity index (χ1v) is 7.51. The molecule has 0 spiro atoms. The summed E-state index contributed by atoms with van der Waals surface area (Å²) in [6.07, 6.45) is 2.58. The van der Waals surface area contributed by atoms with Crippen molar-refractivity contribution in [2.75, 3.05) is 13.7 Å². The predicted molar refractivity (Wildman–Crippen MR) is 80.9 cm³/mol. The highest BCUT2D eigenvalue weighted by Crippen LogP contribution is 2.37. The lowest BCUT2D eigenvalue weighted by Crippen LogP contribution is -2.31. The lowest BCUT2D eigenvalue weighted by Gasteiger charge is -2.29. The van der Waals surface area contributed by atoms with Crippen molar-refractivity contribution in [1.82, 2.24) is 5.32 Å². The summed E-state index contributed by atoms with van der Waals surface area (Å²) in [5.41, 5.74) is 3.77. The van der Waals surface area contributed by atoms with E-state index in [1.165, 1.54) is 11.1 Å². The zero-order chi connectivity index (χ0) is 14.0. The van der Waals surface area contributed by atoms with Crippen molar-refractivity contribution in [1.29, 1.82) is 0 Å². The molecule has 1 heterocycles. The Hall–Kier alpha value is -0.570. The maximum absolute atomic E-state index is 6.20. The highest BCUT2D eigenvalue weighted by atomic mass is 35.5. The molecule has 1 N–H and O–H groups in total. The first-order chi connectivity index (χ1) is 9.08. The monoisotopic (exact) mass is 281 g/mol. The van der Waals surface area contributed by atoms with Crippen LogP contribution < -0.4 is 5.32 Å². The summed E-state index contributed by atoms with van der Waals surface area (Å²) in [6, 6.07) is 4.65. The fourth-order valence-electron chi connectivity index (χ4n) is 3.21. The van der Waals surface area contributed by atoms with Gasteiger partial charge in [0.2, 0.25) is 0 Å². The maximum atomic E-state index is 6.20. The Kier molecular flexibility index (Phi) is 4.88. The largest absolute Gasteiger partial charge is 0.378 e. The third kappa shape index (κ3) is 2.96. The first-order valence-electron chi connectivity index (χ1n) is 7.14. The van der Waals surface area contributed by atoms with E-state index in [-0.39, 0.29) is 0 Å². The molecule has 1 aromatic rings. The van der Waals surface area contributed by atoms with Crippen LogP contribution >= 0.6 is 11.6 Å². The van der Waals surface area contributed by atoms with E-state index >= 15 is 0 Å². The van der Waals surface area contributed by atoms with Gasteiger partial charge in [0.1, 0.15) is 0 Å². The molecule has 1 fully saturated rings. The molecule has 1 saturated heterocycles. The van der Waals surface area contributed by atoms with Gasteiger partial charge in [-0.3, -0.25) is 0 Å². The number of ether oxygens (including phenoxy) is 1. The van der Waals surface area contributed by atoms with Crippen LogP contribution in [0.15, 0.2) is 12.1 Å². The van der Waals surface area contributed by atoms with Gasteiger partial charge >= 0.3 is 0 Å². The number of rotatable bonds is 4. The van der Waals surface area contributed by atoms with Gasteiger partial charge in [-0.15, -0.1) is 0 Å². The summed E-state index contributed by atoms with van der Waals surface area (Å²) in [5.74, 6) is 0.550. The van der Waals surface area contributed by atoms with Crippen LogP contribution in [0.25, 0.3) is 0 Å².